The topological polar surface area (TPSA) is 78.1 Å². The van der Waals surface area contributed by atoms with E-state index < -0.39 is 11.5 Å². The van der Waals surface area contributed by atoms with Crippen LogP contribution in [0.15, 0.2) is 23.6 Å². The van der Waals surface area contributed by atoms with Crippen molar-refractivity contribution in [2.75, 3.05) is 7.11 Å². The average molecular weight is 255 g/mol. The van der Waals surface area contributed by atoms with E-state index in [1.54, 1.807) is 24.9 Å². The Hall–Kier alpha value is -1.14. The number of aromatic nitrogens is 2. The summed E-state index contributed by atoms with van der Waals surface area (Å²) in [5.74, 6) is -0.396. The third kappa shape index (κ3) is 4.32. The second-order valence-corrected chi connectivity index (χ2v) is 5.55. The minimum absolute atomic E-state index is 0.166. The van der Waals surface area contributed by atoms with Crippen molar-refractivity contribution >= 4 is 17.7 Å². The zero-order valence-corrected chi connectivity index (χ0v) is 11.0. The number of carbonyl (C=O) groups is 1. The monoisotopic (exact) mass is 255 g/mol. The van der Waals surface area contributed by atoms with E-state index in [9.17, 15) is 4.79 Å². The third-order valence-corrected chi connectivity index (χ3v) is 3.29. The van der Waals surface area contributed by atoms with Crippen LogP contribution < -0.4 is 5.73 Å². The predicted molar refractivity (Wildman–Crippen MR) is 66.6 cm³/mol. The van der Waals surface area contributed by atoms with Gasteiger partial charge in [-0.25, -0.2) is 9.97 Å². The van der Waals surface area contributed by atoms with Crippen molar-refractivity contribution in [1.29, 1.82) is 0 Å². The molecule has 0 bridgehead atoms. The first-order valence-electron chi connectivity index (χ1n) is 5.25. The summed E-state index contributed by atoms with van der Waals surface area (Å²) < 4.78 is 4.67. The lowest BCUT2D eigenvalue weighted by molar-refractivity contribution is -0.146. The molecule has 0 radical (unpaired) electrons. The highest BCUT2D eigenvalue weighted by Gasteiger charge is 2.31. The minimum Gasteiger partial charge on any atom is -0.468 e. The quantitative estimate of drug-likeness (QED) is 0.484. The molecule has 0 aliphatic heterocycles. The molecule has 1 heterocycles. The smallest absolute Gasteiger partial charge is 0.325 e. The van der Waals surface area contributed by atoms with Crippen LogP contribution in [0, 0.1) is 0 Å². The van der Waals surface area contributed by atoms with Crippen LogP contribution in [-0.2, 0) is 9.53 Å². The molecule has 1 aromatic rings. The summed E-state index contributed by atoms with van der Waals surface area (Å²) in [5, 5.41) is 1.03. The molecule has 0 amide bonds. The van der Waals surface area contributed by atoms with Crippen molar-refractivity contribution in [2.45, 2.75) is 36.1 Å². The number of rotatable bonds is 5. The zero-order valence-electron chi connectivity index (χ0n) is 10.2. The SMILES string of the molecule is COC(=O)C(C)(N)CC(C)Sc1ccncn1. The number of nitrogens with zero attached hydrogens (tertiary/aromatic N) is 2. The van der Waals surface area contributed by atoms with Crippen LogP contribution in [0.25, 0.3) is 0 Å². The summed E-state index contributed by atoms with van der Waals surface area (Å²) in [4.78, 5) is 19.4. The third-order valence-electron chi connectivity index (χ3n) is 2.24. The highest BCUT2D eigenvalue weighted by Crippen LogP contribution is 2.26. The molecule has 2 atom stereocenters. The lowest BCUT2D eigenvalue weighted by Gasteiger charge is -2.24. The maximum absolute atomic E-state index is 11.4. The fraction of sp³-hybridized carbons (Fsp3) is 0.545. The number of hydrogen-bond donors (Lipinski definition) is 1. The number of ether oxygens (including phenoxy) is 1. The summed E-state index contributed by atoms with van der Waals surface area (Å²) in [6.45, 7) is 3.68. The first kappa shape index (κ1) is 13.9. The van der Waals surface area contributed by atoms with Gasteiger partial charge in [0, 0.05) is 11.4 Å². The molecule has 6 heteroatoms. The van der Waals surface area contributed by atoms with Crippen LogP contribution in [0.4, 0.5) is 0 Å². The number of hydrogen-bond acceptors (Lipinski definition) is 6. The molecule has 0 saturated carbocycles. The molecule has 5 nitrogen and oxygen atoms in total. The molecule has 2 N–H and O–H groups in total. The predicted octanol–water partition coefficient (Wildman–Crippen LogP) is 1.24. The van der Waals surface area contributed by atoms with Gasteiger partial charge in [0.15, 0.2) is 0 Å². The molecule has 0 fully saturated rings. The molecule has 94 valence electrons. The van der Waals surface area contributed by atoms with E-state index in [1.165, 1.54) is 13.4 Å². The van der Waals surface area contributed by atoms with E-state index in [4.69, 9.17) is 5.73 Å². The van der Waals surface area contributed by atoms with Gasteiger partial charge in [0.2, 0.25) is 0 Å². The van der Waals surface area contributed by atoms with Gasteiger partial charge in [-0.05, 0) is 19.4 Å². The summed E-state index contributed by atoms with van der Waals surface area (Å²) in [7, 11) is 1.34. The first-order chi connectivity index (χ1) is 7.95. The Morgan fingerprint density at radius 2 is 2.41 bits per heavy atom. The van der Waals surface area contributed by atoms with Gasteiger partial charge in [-0.3, -0.25) is 4.79 Å². The van der Waals surface area contributed by atoms with Gasteiger partial charge in [-0.2, -0.15) is 0 Å². The van der Waals surface area contributed by atoms with E-state index in [2.05, 4.69) is 14.7 Å². The Morgan fingerprint density at radius 3 is 2.94 bits per heavy atom. The Kier molecular flexibility index (Phi) is 4.89. The second-order valence-electron chi connectivity index (χ2n) is 4.09. The van der Waals surface area contributed by atoms with Crippen LogP contribution in [0.3, 0.4) is 0 Å². The fourth-order valence-electron chi connectivity index (χ4n) is 1.51. The molecule has 17 heavy (non-hydrogen) atoms. The van der Waals surface area contributed by atoms with Crippen LogP contribution in [0.1, 0.15) is 20.3 Å². The molecule has 1 rings (SSSR count). The summed E-state index contributed by atoms with van der Waals surface area (Å²) >= 11 is 1.56. The van der Waals surface area contributed by atoms with Crippen molar-refractivity contribution in [2.24, 2.45) is 5.73 Å². The molecular weight excluding hydrogens is 238 g/mol. The van der Waals surface area contributed by atoms with Crippen molar-refractivity contribution in [3.8, 4) is 0 Å². The van der Waals surface area contributed by atoms with Crippen molar-refractivity contribution < 1.29 is 9.53 Å². The molecule has 0 aliphatic carbocycles. The fourth-order valence-corrected chi connectivity index (χ4v) is 2.60. The van der Waals surface area contributed by atoms with Gasteiger partial charge in [0.1, 0.15) is 11.9 Å². The Labute approximate surface area is 105 Å². The maximum Gasteiger partial charge on any atom is 0.325 e. The molecule has 2 unspecified atom stereocenters. The van der Waals surface area contributed by atoms with E-state index in [0.717, 1.165) is 5.03 Å². The van der Waals surface area contributed by atoms with Crippen molar-refractivity contribution in [3.05, 3.63) is 18.6 Å². The maximum atomic E-state index is 11.4. The number of esters is 1. The molecule has 0 aromatic carbocycles. The number of carbonyl (C=O) groups excluding carboxylic acids is 1. The Morgan fingerprint density at radius 1 is 1.71 bits per heavy atom. The molecule has 1 aromatic heterocycles. The number of nitrogens with two attached hydrogens (primary N) is 1. The van der Waals surface area contributed by atoms with Crippen LogP contribution in [0.5, 0.6) is 0 Å². The lowest BCUT2D eigenvalue weighted by Crippen LogP contribution is -2.47. The number of thioether (sulfide) groups is 1. The Bertz CT molecular complexity index is 370. The van der Waals surface area contributed by atoms with E-state index in [1.807, 2.05) is 13.0 Å². The summed E-state index contributed by atoms with van der Waals surface area (Å²) in [6.07, 6.45) is 3.70. The van der Waals surface area contributed by atoms with Gasteiger partial charge in [-0.1, -0.05) is 6.92 Å². The lowest BCUT2D eigenvalue weighted by atomic mass is 9.98. The molecule has 0 aliphatic rings. The molecule has 0 spiro atoms. The van der Waals surface area contributed by atoms with E-state index >= 15 is 0 Å². The minimum atomic E-state index is -0.964. The van der Waals surface area contributed by atoms with Crippen molar-refractivity contribution in [1.82, 2.24) is 9.97 Å². The molecular formula is C11H17N3O2S. The van der Waals surface area contributed by atoms with Crippen molar-refractivity contribution in [3.63, 3.8) is 0 Å². The second kappa shape index (κ2) is 5.97. The van der Waals surface area contributed by atoms with Crippen LogP contribution in [0.2, 0.25) is 0 Å². The first-order valence-corrected chi connectivity index (χ1v) is 6.13. The van der Waals surface area contributed by atoms with Gasteiger partial charge >= 0.3 is 5.97 Å². The highest BCUT2D eigenvalue weighted by atomic mass is 32.2. The van der Waals surface area contributed by atoms with E-state index in [0.29, 0.717) is 6.42 Å². The van der Waals surface area contributed by atoms with Crippen LogP contribution in [-0.4, -0.2) is 33.8 Å². The zero-order chi connectivity index (χ0) is 12.9. The summed E-state index contributed by atoms with van der Waals surface area (Å²) in [6, 6.07) is 1.83. The van der Waals surface area contributed by atoms with E-state index in [-0.39, 0.29) is 5.25 Å². The standard InChI is InChI=1S/C11H17N3O2S/c1-8(6-11(2,12)10(15)16-3)17-9-4-5-13-7-14-9/h4-5,7-8H,6,12H2,1-3H3. The number of methoxy groups -OCH3 is 1. The summed E-state index contributed by atoms with van der Waals surface area (Å²) in [5.41, 5.74) is 4.94. The molecule has 0 saturated heterocycles. The van der Waals surface area contributed by atoms with Gasteiger partial charge < -0.3 is 10.5 Å². The van der Waals surface area contributed by atoms with Gasteiger partial charge in [0.25, 0.3) is 0 Å². The highest BCUT2D eigenvalue weighted by molar-refractivity contribution is 7.99. The van der Waals surface area contributed by atoms with Crippen LogP contribution >= 0.6 is 11.8 Å². The van der Waals surface area contributed by atoms with Gasteiger partial charge in [-0.15, -0.1) is 11.8 Å². The van der Waals surface area contributed by atoms with Gasteiger partial charge in [0.05, 0.1) is 12.1 Å². The average Bonchev–Trinajstić information content (AvgIpc) is 2.28. The normalized spacial score (nSPS) is 16.0. The largest absolute Gasteiger partial charge is 0.468 e. The Balaban J connectivity index is 2.55.